The molecule has 0 fully saturated rings. The molecule has 1 N–H and O–H groups in total. The van der Waals surface area contributed by atoms with E-state index < -0.39 is 0 Å². The van der Waals surface area contributed by atoms with Gasteiger partial charge in [-0.25, -0.2) is 0 Å². The quantitative estimate of drug-likeness (QED) is 0.903. The fraction of sp³-hybridized carbons (Fsp3) is 0.385. The number of hydrogen-bond donors (Lipinski definition) is 1. The van der Waals surface area contributed by atoms with Crippen LogP contribution in [0.3, 0.4) is 0 Å². The van der Waals surface area contributed by atoms with Gasteiger partial charge >= 0.3 is 0 Å². The molecule has 0 unspecified atom stereocenters. The Morgan fingerprint density at radius 1 is 1.05 bits per heavy atom. The van der Waals surface area contributed by atoms with Crippen molar-refractivity contribution in [2.24, 2.45) is 0 Å². The zero-order chi connectivity index (χ0) is 15.3. The van der Waals surface area contributed by atoms with E-state index in [1.165, 1.54) is 4.90 Å². The highest BCUT2D eigenvalue weighted by Crippen LogP contribution is 2.22. The second-order valence-electron chi connectivity index (χ2n) is 4.67. The van der Waals surface area contributed by atoms with Crippen LogP contribution in [0.4, 0.5) is 5.69 Å². The van der Waals surface area contributed by atoms with Gasteiger partial charge in [-0.15, -0.1) is 0 Å². The van der Waals surface area contributed by atoms with Crippen molar-refractivity contribution in [3.05, 3.63) is 28.2 Å². The van der Waals surface area contributed by atoms with Crippen molar-refractivity contribution in [3.63, 3.8) is 0 Å². The molecule has 0 aliphatic rings. The van der Waals surface area contributed by atoms with Gasteiger partial charge in [0.2, 0.25) is 11.8 Å². The van der Waals surface area contributed by atoms with Gasteiger partial charge in [-0.3, -0.25) is 14.5 Å². The number of anilines is 1. The van der Waals surface area contributed by atoms with Crippen molar-refractivity contribution in [2.45, 2.75) is 0 Å². The Hall–Kier alpha value is -1.30. The number of halogens is 2. The van der Waals surface area contributed by atoms with Crippen molar-refractivity contribution >= 4 is 40.7 Å². The SMILES string of the molecule is CN(CC(=O)Nc1cc(Cl)cc(Cl)c1)CC(=O)N(C)C. The van der Waals surface area contributed by atoms with Gasteiger partial charge in [0.25, 0.3) is 0 Å². The standard InChI is InChI=1S/C13H17Cl2N3O2/c1-17(2)13(20)8-18(3)7-12(19)16-11-5-9(14)4-10(15)6-11/h4-6H,7-8H2,1-3H3,(H,16,19). The van der Waals surface area contributed by atoms with Crippen molar-refractivity contribution in [2.75, 3.05) is 39.5 Å². The highest BCUT2D eigenvalue weighted by Gasteiger charge is 2.12. The van der Waals surface area contributed by atoms with Crippen LogP contribution in [0.5, 0.6) is 0 Å². The average Bonchev–Trinajstić information content (AvgIpc) is 2.26. The van der Waals surface area contributed by atoms with Crippen molar-refractivity contribution in [1.82, 2.24) is 9.80 Å². The number of benzene rings is 1. The Balaban J connectivity index is 2.53. The molecule has 0 aromatic heterocycles. The van der Waals surface area contributed by atoms with Gasteiger partial charge in [0.1, 0.15) is 0 Å². The van der Waals surface area contributed by atoms with E-state index in [0.717, 1.165) is 0 Å². The van der Waals surface area contributed by atoms with Crippen LogP contribution in [0.1, 0.15) is 0 Å². The van der Waals surface area contributed by atoms with E-state index in [-0.39, 0.29) is 24.9 Å². The lowest BCUT2D eigenvalue weighted by Gasteiger charge is -2.18. The summed E-state index contributed by atoms with van der Waals surface area (Å²) in [6.45, 7) is 0.278. The molecular formula is C13H17Cl2N3O2. The first-order valence-electron chi connectivity index (χ1n) is 5.92. The second kappa shape index (κ2) is 7.47. The Morgan fingerprint density at radius 2 is 1.60 bits per heavy atom. The molecular weight excluding hydrogens is 301 g/mol. The van der Waals surface area contributed by atoms with Crippen molar-refractivity contribution in [1.29, 1.82) is 0 Å². The van der Waals surface area contributed by atoms with Crippen molar-refractivity contribution in [3.8, 4) is 0 Å². The number of nitrogens with zero attached hydrogens (tertiary/aromatic N) is 2. The maximum Gasteiger partial charge on any atom is 0.238 e. The molecule has 0 aliphatic carbocycles. The zero-order valence-corrected chi connectivity index (χ0v) is 13.1. The van der Waals surface area contributed by atoms with Crippen LogP contribution in [0.2, 0.25) is 10.0 Å². The lowest BCUT2D eigenvalue weighted by Crippen LogP contribution is -2.38. The molecule has 2 amide bonds. The molecule has 0 aliphatic heterocycles. The molecule has 0 spiro atoms. The first kappa shape index (κ1) is 16.8. The van der Waals surface area contributed by atoms with Crippen LogP contribution in [0, 0.1) is 0 Å². The van der Waals surface area contributed by atoms with Gasteiger partial charge in [0.05, 0.1) is 13.1 Å². The number of hydrogen-bond acceptors (Lipinski definition) is 3. The topological polar surface area (TPSA) is 52.7 Å². The summed E-state index contributed by atoms with van der Waals surface area (Å²) in [7, 11) is 5.04. The summed E-state index contributed by atoms with van der Waals surface area (Å²) in [6.07, 6.45) is 0. The minimum Gasteiger partial charge on any atom is -0.348 e. The summed E-state index contributed by atoms with van der Waals surface area (Å²) in [5.74, 6) is -0.302. The minimum absolute atomic E-state index is 0.0638. The van der Waals surface area contributed by atoms with Crippen molar-refractivity contribution < 1.29 is 9.59 Å². The normalized spacial score (nSPS) is 10.5. The van der Waals surface area contributed by atoms with E-state index in [1.54, 1.807) is 44.2 Å². The first-order chi connectivity index (χ1) is 9.27. The summed E-state index contributed by atoms with van der Waals surface area (Å²) >= 11 is 11.7. The van der Waals surface area contributed by atoms with Crippen LogP contribution in [0.25, 0.3) is 0 Å². The number of amides is 2. The summed E-state index contributed by atoms with van der Waals surface area (Å²) in [6, 6.07) is 4.80. The third kappa shape index (κ3) is 5.77. The maximum atomic E-state index is 11.8. The number of rotatable bonds is 5. The Kier molecular flexibility index (Phi) is 6.26. The lowest BCUT2D eigenvalue weighted by molar-refractivity contribution is -0.130. The molecule has 20 heavy (non-hydrogen) atoms. The number of nitrogens with one attached hydrogen (secondary N) is 1. The summed E-state index contributed by atoms with van der Waals surface area (Å²) in [5.41, 5.74) is 0.528. The van der Waals surface area contributed by atoms with Gasteiger partial charge in [-0.1, -0.05) is 23.2 Å². The molecule has 0 saturated heterocycles. The third-order valence-electron chi connectivity index (χ3n) is 2.46. The van der Waals surface area contributed by atoms with Crippen LogP contribution < -0.4 is 5.32 Å². The molecule has 0 heterocycles. The molecule has 5 nitrogen and oxygen atoms in total. The first-order valence-corrected chi connectivity index (χ1v) is 6.68. The molecule has 0 radical (unpaired) electrons. The Bertz CT molecular complexity index is 486. The molecule has 0 saturated carbocycles. The van der Waals surface area contributed by atoms with Gasteiger partial charge in [0.15, 0.2) is 0 Å². The summed E-state index contributed by atoms with van der Waals surface area (Å²) in [5, 5.41) is 3.58. The fourth-order valence-electron chi connectivity index (χ4n) is 1.50. The predicted octanol–water partition coefficient (Wildman–Crippen LogP) is 1.95. The lowest BCUT2D eigenvalue weighted by atomic mass is 10.3. The van der Waals surface area contributed by atoms with E-state index in [9.17, 15) is 9.59 Å². The molecule has 1 aromatic carbocycles. The monoisotopic (exact) mass is 317 g/mol. The number of carbonyl (C=O) groups is 2. The fourth-order valence-corrected chi connectivity index (χ4v) is 2.03. The minimum atomic E-state index is -0.239. The van der Waals surface area contributed by atoms with Crippen LogP contribution in [-0.2, 0) is 9.59 Å². The molecule has 0 atom stereocenters. The second-order valence-corrected chi connectivity index (χ2v) is 5.54. The van der Waals surface area contributed by atoms with Crippen LogP contribution in [-0.4, -0.2) is 55.8 Å². The maximum absolute atomic E-state index is 11.8. The summed E-state index contributed by atoms with van der Waals surface area (Å²) in [4.78, 5) is 26.4. The summed E-state index contributed by atoms with van der Waals surface area (Å²) < 4.78 is 0. The van der Waals surface area contributed by atoms with Gasteiger partial charge in [-0.2, -0.15) is 0 Å². The van der Waals surface area contributed by atoms with Gasteiger partial charge in [-0.05, 0) is 25.2 Å². The van der Waals surface area contributed by atoms with Gasteiger partial charge in [0, 0.05) is 29.8 Å². The van der Waals surface area contributed by atoms with E-state index in [0.29, 0.717) is 15.7 Å². The van der Waals surface area contributed by atoms with E-state index in [4.69, 9.17) is 23.2 Å². The zero-order valence-electron chi connectivity index (χ0n) is 11.6. The largest absolute Gasteiger partial charge is 0.348 e. The molecule has 1 rings (SSSR count). The van der Waals surface area contributed by atoms with Gasteiger partial charge < -0.3 is 10.2 Å². The number of carbonyl (C=O) groups excluding carboxylic acids is 2. The molecule has 110 valence electrons. The van der Waals surface area contributed by atoms with E-state index in [2.05, 4.69) is 5.32 Å². The Morgan fingerprint density at radius 3 is 2.10 bits per heavy atom. The van der Waals surface area contributed by atoms with E-state index >= 15 is 0 Å². The smallest absolute Gasteiger partial charge is 0.238 e. The van der Waals surface area contributed by atoms with Crippen LogP contribution >= 0.6 is 23.2 Å². The van der Waals surface area contributed by atoms with Crippen LogP contribution in [0.15, 0.2) is 18.2 Å². The van der Waals surface area contributed by atoms with E-state index in [1.807, 2.05) is 0 Å². The Labute approximate surface area is 128 Å². The predicted molar refractivity (Wildman–Crippen MR) is 81.3 cm³/mol. The highest BCUT2D eigenvalue weighted by molar-refractivity contribution is 6.35. The highest BCUT2D eigenvalue weighted by atomic mass is 35.5. The molecule has 0 bridgehead atoms. The average molecular weight is 318 g/mol. The number of likely N-dealkylation sites (N-methyl/N-ethyl adjacent to an activating group) is 2. The molecule has 1 aromatic rings. The molecule has 7 heteroatoms. The third-order valence-corrected chi connectivity index (χ3v) is 2.90.